The fourth-order valence-corrected chi connectivity index (χ4v) is 3.58. The highest BCUT2D eigenvalue weighted by Crippen LogP contribution is 2.13. The molecule has 4 rings (SSSR count). The van der Waals surface area contributed by atoms with Gasteiger partial charge < -0.3 is 10.2 Å². The highest BCUT2D eigenvalue weighted by molar-refractivity contribution is 5.97. The Bertz CT molecular complexity index is 950. The molecular formula is C20H26N8O. The van der Waals surface area contributed by atoms with E-state index < -0.39 is 0 Å². The number of amides is 1. The first-order chi connectivity index (χ1) is 14.2. The van der Waals surface area contributed by atoms with Crippen LogP contribution in [0.15, 0.2) is 36.7 Å². The molecule has 0 atom stereocenters. The van der Waals surface area contributed by atoms with Crippen LogP contribution in [0.1, 0.15) is 23.7 Å². The average molecular weight is 394 g/mol. The second-order valence-electron chi connectivity index (χ2n) is 7.10. The van der Waals surface area contributed by atoms with E-state index in [0.29, 0.717) is 12.1 Å². The summed E-state index contributed by atoms with van der Waals surface area (Å²) in [4.78, 5) is 25.7. The highest BCUT2D eigenvalue weighted by atomic mass is 16.1. The van der Waals surface area contributed by atoms with Gasteiger partial charge in [0.2, 0.25) is 5.95 Å². The van der Waals surface area contributed by atoms with E-state index in [0.717, 1.165) is 62.7 Å². The summed E-state index contributed by atoms with van der Waals surface area (Å²) in [7, 11) is 0. The van der Waals surface area contributed by atoms with Gasteiger partial charge in [0.25, 0.3) is 5.91 Å². The summed E-state index contributed by atoms with van der Waals surface area (Å²) in [5.41, 5.74) is 2.32. The van der Waals surface area contributed by atoms with Gasteiger partial charge in [-0.2, -0.15) is 0 Å². The number of benzene rings is 1. The lowest BCUT2D eigenvalue weighted by atomic mass is 10.2. The monoisotopic (exact) mass is 394 g/mol. The smallest absolute Gasteiger partial charge is 0.251 e. The maximum absolute atomic E-state index is 12.4. The number of hydrogen-bond donors (Lipinski definition) is 1. The van der Waals surface area contributed by atoms with Crippen LogP contribution in [-0.2, 0) is 6.54 Å². The summed E-state index contributed by atoms with van der Waals surface area (Å²) in [6.45, 7) is 8.21. The SMILES string of the molecule is CCn1nnc2cc(C(=O)NCCCN3CCN(c4ncccn4)CC3)ccc21. The van der Waals surface area contributed by atoms with Crippen LogP contribution >= 0.6 is 0 Å². The van der Waals surface area contributed by atoms with Gasteiger partial charge in [0, 0.05) is 57.2 Å². The zero-order valence-electron chi connectivity index (χ0n) is 16.7. The van der Waals surface area contributed by atoms with E-state index in [9.17, 15) is 4.79 Å². The molecule has 29 heavy (non-hydrogen) atoms. The van der Waals surface area contributed by atoms with Crippen molar-refractivity contribution >= 4 is 22.9 Å². The minimum absolute atomic E-state index is 0.0657. The molecule has 9 nitrogen and oxygen atoms in total. The number of rotatable bonds is 7. The number of carbonyl (C=O) groups excluding carboxylic acids is 1. The second-order valence-corrected chi connectivity index (χ2v) is 7.10. The van der Waals surface area contributed by atoms with Gasteiger partial charge in [0.1, 0.15) is 5.52 Å². The summed E-state index contributed by atoms with van der Waals surface area (Å²) < 4.78 is 1.82. The fourth-order valence-electron chi connectivity index (χ4n) is 3.58. The molecule has 0 saturated carbocycles. The first-order valence-electron chi connectivity index (χ1n) is 10.1. The van der Waals surface area contributed by atoms with E-state index in [1.807, 2.05) is 29.8 Å². The van der Waals surface area contributed by atoms with Gasteiger partial charge in [-0.15, -0.1) is 5.10 Å². The lowest BCUT2D eigenvalue weighted by Gasteiger charge is -2.34. The summed E-state index contributed by atoms with van der Waals surface area (Å²) >= 11 is 0. The van der Waals surface area contributed by atoms with Crippen molar-refractivity contribution < 1.29 is 4.79 Å². The van der Waals surface area contributed by atoms with Crippen molar-refractivity contribution in [1.29, 1.82) is 0 Å². The van der Waals surface area contributed by atoms with Crippen LogP contribution < -0.4 is 10.2 Å². The quantitative estimate of drug-likeness (QED) is 0.602. The highest BCUT2D eigenvalue weighted by Gasteiger charge is 2.18. The molecule has 3 heterocycles. The summed E-state index contributed by atoms with van der Waals surface area (Å²) in [5, 5.41) is 11.2. The Kier molecular flexibility index (Phi) is 5.95. The number of piperazine rings is 1. The number of aromatic nitrogens is 5. The number of nitrogens with one attached hydrogen (secondary N) is 1. The first kappa shape index (κ1) is 19.3. The van der Waals surface area contributed by atoms with Gasteiger partial charge in [-0.25, -0.2) is 14.6 Å². The van der Waals surface area contributed by atoms with Crippen LogP contribution in [0.2, 0.25) is 0 Å². The molecule has 1 fully saturated rings. The van der Waals surface area contributed by atoms with Crippen molar-refractivity contribution in [3.63, 3.8) is 0 Å². The molecule has 1 amide bonds. The van der Waals surface area contributed by atoms with Crippen molar-refractivity contribution in [2.45, 2.75) is 19.9 Å². The third-order valence-electron chi connectivity index (χ3n) is 5.22. The molecule has 0 bridgehead atoms. The largest absolute Gasteiger partial charge is 0.352 e. The predicted octanol–water partition coefficient (Wildman–Crippen LogP) is 1.18. The van der Waals surface area contributed by atoms with E-state index in [1.165, 1.54) is 0 Å². The Morgan fingerprint density at radius 1 is 1.14 bits per heavy atom. The molecule has 0 unspecified atom stereocenters. The van der Waals surface area contributed by atoms with Crippen LogP contribution in [0, 0.1) is 0 Å². The molecule has 3 aromatic rings. The van der Waals surface area contributed by atoms with Crippen LogP contribution in [0.25, 0.3) is 11.0 Å². The number of carbonyl (C=O) groups is 1. The van der Waals surface area contributed by atoms with E-state index in [4.69, 9.17) is 0 Å². The maximum Gasteiger partial charge on any atom is 0.251 e. The number of hydrogen-bond acceptors (Lipinski definition) is 7. The molecule has 152 valence electrons. The first-order valence-corrected chi connectivity index (χ1v) is 10.1. The van der Waals surface area contributed by atoms with Gasteiger partial charge in [-0.05, 0) is 44.2 Å². The molecular weight excluding hydrogens is 368 g/mol. The van der Waals surface area contributed by atoms with Gasteiger partial charge >= 0.3 is 0 Å². The molecule has 0 spiro atoms. The Hall–Kier alpha value is -3.07. The van der Waals surface area contributed by atoms with Crippen molar-refractivity contribution in [1.82, 2.24) is 35.2 Å². The Morgan fingerprint density at radius 3 is 2.69 bits per heavy atom. The standard InChI is InChI=1S/C20H26N8O/c1-2-28-18-6-5-16(15-17(18)24-25-28)19(29)21-9-4-10-26-11-13-27(14-12-26)20-22-7-3-8-23-20/h3,5-8,15H,2,4,9-14H2,1H3,(H,21,29). The molecule has 1 aliphatic rings. The fraction of sp³-hybridized carbons (Fsp3) is 0.450. The van der Waals surface area contributed by atoms with E-state index in [2.05, 4.69) is 35.4 Å². The van der Waals surface area contributed by atoms with Gasteiger partial charge in [0.05, 0.1) is 5.52 Å². The lowest BCUT2D eigenvalue weighted by molar-refractivity contribution is 0.0951. The predicted molar refractivity (Wildman–Crippen MR) is 111 cm³/mol. The van der Waals surface area contributed by atoms with Gasteiger partial charge in [0.15, 0.2) is 0 Å². The minimum atomic E-state index is -0.0657. The second kappa shape index (κ2) is 8.95. The summed E-state index contributed by atoms with van der Waals surface area (Å²) in [6.07, 6.45) is 4.48. The van der Waals surface area contributed by atoms with E-state index in [-0.39, 0.29) is 5.91 Å². The molecule has 1 saturated heterocycles. The molecule has 1 aromatic carbocycles. The number of nitrogens with zero attached hydrogens (tertiary/aromatic N) is 7. The van der Waals surface area contributed by atoms with Crippen molar-refractivity contribution in [2.24, 2.45) is 0 Å². The molecule has 1 N–H and O–H groups in total. The van der Waals surface area contributed by atoms with Crippen LogP contribution in [0.4, 0.5) is 5.95 Å². The Balaban J connectivity index is 1.19. The van der Waals surface area contributed by atoms with Gasteiger partial charge in [-0.1, -0.05) is 5.21 Å². The lowest BCUT2D eigenvalue weighted by Crippen LogP contribution is -2.47. The Labute approximate surface area is 169 Å². The van der Waals surface area contributed by atoms with E-state index >= 15 is 0 Å². The van der Waals surface area contributed by atoms with Crippen LogP contribution in [-0.4, -0.2) is 75.0 Å². The zero-order valence-corrected chi connectivity index (χ0v) is 16.7. The average Bonchev–Trinajstić information content (AvgIpc) is 3.20. The molecule has 0 aliphatic carbocycles. The third-order valence-corrected chi connectivity index (χ3v) is 5.22. The molecule has 1 aliphatic heterocycles. The molecule has 9 heteroatoms. The van der Waals surface area contributed by atoms with Crippen molar-refractivity contribution in [3.8, 4) is 0 Å². The number of anilines is 1. The molecule has 2 aromatic heterocycles. The van der Waals surface area contributed by atoms with Crippen LogP contribution in [0.5, 0.6) is 0 Å². The van der Waals surface area contributed by atoms with Crippen molar-refractivity contribution in [3.05, 3.63) is 42.2 Å². The van der Waals surface area contributed by atoms with Crippen LogP contribution in [0.3, 0.4) is 0 Å². The normalized spacial score (nSPS) is 15.0. The summed E-state index contributed by atoms with van der Waals surface area (Å²) in [5.74, 6) is 0.736. The molecule has 0 radical (unpaired) electrons. The topological polar surface area (TPSA) is 92.1 Å². The van der Waals surface area contributed by atoms with Gasteiger partial charge in [-0.3, -0.25) is 9.69 Å². The minimum Gasteiger partial charge on any atom is -0.352 e. The number of fused-ring (bicyclic) bond motifs is 1. The third kappa shape index (κ3) is 4.51. The Morgan fingerprint density at radius 2 is 1.93 bits per heavy atom. The van der Waals surface area contributed by atoms with E-state index in [1.54, 1.807) is 18.5 Å². The maximum atomic E-state index is 12.4. The number of aryl methyl sites for hydroxylation is 1. The zero-order chi connectivity index (χ0) is 20.1. The summed E-state index contributed by atoms with van der Waals surface area (Å²) in [6, 6.07) is 7.37. The van der Waals surface area contributed by atoms with Crippen molar-refractivity contribution in [2.75, 3.05) is 44.2 Å².